The van der Waals surface area contributed by atoms with Gasteiger partial charge >= 0.3 is 0 Å². The fraction of sp³-hybridized carbons (Fsp3) is 0.250. The molecule has 3 rings (SSSR count). The van der Waals surface area contributed by atoms with Crippen molar-refractivity contribution in [1.82, 2.24) is 0 Å². The third-order valence-electron chi connectivity index (χ3n) is 2.71. The topological polar surface area (TPSA) is 88.0 Å². The second-order valence-electron chi connectivity index (χ2n) is 4.01. The Balaban J connectivity index is 1.82. The van der Waals surface area contributed by atoms with Crippen LogP contribution in [0.2, 0.25) is 0 Å². The summed E-state index contributed by atoms with van der Waals surface area (Å²) in [6.07, 6.45) is -0.332. The van der Waals surface area contributed by atoms with Crippen LogP contribution >= 0.6 is 11.8 Å². The Morgan fingerprint density at radius 1 is 1.42 bits per heavy atom. The van der Waals surface area contributed by atoms with Gasteiger partial charge in [0.25, 0.3) is 5.91 Å². The summed E-state index contributed by atoms with van der Waals surface area (Å²) in [6.45, 7) is 0.171. The highest BCUT2D eigenvalue weighted by Crippen LogP contribution is 2.36. The Hall–Kier alpha value is -2.02. The minimum atomic E-state index is -1.26. The van der Waals surface area contributed by atoms with Crippen LogP contribution in [-0.2, 0) is 9.59 Å². The second kappa shape index (κ2) is 4.58. The van der Waals surface area contributed by atoms with Crippen LogP contribution in [-0.4, -0.2) is 29.0 Å². The summed E-state index contributed by atoms with van der Waals surface area (Å²) in [5, 5.41) is 10.3. The van der Waals surface area contributed by atoms with Crippen LogP contribution < -0.4 is 14.6 Å². The first-order valence-electron chi connectivity index (χ1n) is 5.52. The quantitative estimate of drug-likeness (QED) is 0.770. The van der Waals surface area contributed by atoms with Crippen LogP contribution in [0.1, 0.15) is 12.0 Å². The summed E-state index contributed by atoms with van der Waals surface area (Å²) in [5.74, 6) is -0.462. The molecule has 0 unspecified atom stereocenters. The van der Waals surface area contributed by atoms with Crippen molar-refractivity contribution in [1.29, 1.82) is 0 Å². The van der Waals surface area contributed by atoms with Crippen molar-refractivity contribution >= 4 is 28.7 Å². The van der Waals surface area contributed by atoms with Gasteiger partial charge in [0.05, 0.1) is 5.25 Å². The molecule has 0 spiro atoms. The third-order valence-corrected chi connectivity index (χ3v) is 3.92. The van der Waals surface area contributed by atoms with Crippen molar-refractivity contribution in [2.75, 3.05) is 6.79 Å². The first-order chi connectivity index (χ1) is 9.13. The minimum absolute atomic E-state index is 0.171. The molecule has 2 heterocycles. The van der Waals surface area contributed by atoms with Crippen molar-refractivity contribution in [2.45, 2.75) is 11.7 Å². The van der Waals surface area contributed by atoms with E-state index in [1.54, 1.807) is 18.2 Å². The lowest BCUT2D eigenvalue weighted by atomic mass is 10.2. The molecule has 2 aliphatic heterocycles. The lowest BCUT2D eigenvalue weighted by molar-refractivity contribution is -0.305. The molecule has 98 valence electrons. The lowest BCUT2D eigenvalue weighted by Crippen LogP contribution is -2.28. The van der Waals surface area contributed by atoms with E-state index in [0.29, 0.717) is 22.1 Å². The van der Waals surface area contributed by atoms with Gasteiger partial charge in [0.2, 0.25) is 6.79 Å². The summed E-state index contributed by atoms with van der Waals surface area (Å²) < 4.78 is 10.4. The predicted octanol–water partition coefficient (Wildman–Crippen LogP) is -0.0561. The van der Waals surface area contributed by atoms with Gasteiger partial charge in [0.1, 0.15) is 5.04 Å². The van der Waals surface area contributed by atoms with Gasteiger partial charge in [-0.1, -0.05) is 11.8 Å². The molecule has 0 bridgehead atoms. The summed E-state index contributed by atoms with van der Waals surface area (Å²) >= 11 is 1.13. The third kappa shape index (κ3) is 2.28. The molecular weight excluding hydrogens is 270 g/mol. The summed E-state index contributed by atoms with van der Waals surface area (Å²) in [6, 6.07) is 5.22. The highest BCUT2D eigenvalue weighted by molar-refractivity contribution is 8.16. The molecule has 1 amide bonds. The van der Waals surface area contributed by atoms with Gasteiger partial charge in [-0.3, -0.25) is 4.79 Å². The summed E-state index contributed by atoms with van der Waals surface area (Å²) in [5.41, 5.74) is 0.712. The van der Waals surface area contributed by atoms with E-state index in [2.05, 4.69) is 4.99 Å². The Bertz CT molecular complexity index is 598. The number of rotatable bonds is 3. The SMILES string of the molecule is O=C([O-])C[C@H]1SC(c2ccc3c(c2)OCO3)=NC1=O. The monoisotopic (exact) mass is 278 g/mol. The van der Waals surface area contributed by atoms with Crippen molar-refractivity contribution in [3.63, 3.8) is 0 Å². The van der Waals surface area contributed by atoms with Crippen LogP contribution in [0.25, 0.3) is 0 Å². The highest BCUT2D eigenvalue weighted by atomic mass is 32.2. The van der Waals surface area contributed by atoms with Gasteiger partial charge in [-0.2, -0.15) is 0 Å². The number of aliphatic carboxylic acids is 1. The van der Waals surface area contributed by atoms with E-state index in [4.69, 9.17) is 9.47 Å². The molecular formula is C12H8NO5S-. The fourth-order valence-corrected chi connectivity index (χ4v) is 2.87. The average Bonchev–Trinajstić information content (AvgIpc) is 2.95. The number of hydrogen-bond donors (Lipinski definition) is 0. The number of aliphatic imine (C=N–C) groups is 1. The number of benzene rings is 1. The molecule has 1 atom stereocenters. The van der Waals surface area contributed by atoms with Gasteiger partial charge in [0.15, 0.2) is 11.5 Å². The lowest BCUT2D eigenvalue weighted by Gasteiger charge is -2.07. The van der Waals surface area contributed by atoms with Gasteiger partial charge in [-0.05, 0) is 18.2 Å². The number of hydrogen-bond acceptors (Lipinski definition) is 6. The van der Waals surface area contributed by atoms with Crippen LogP contribution in [0.3, 0.4) is 0 Å². The Labute approximate surface area is 112 Å². The van der Waals surface area contributed by atoms with Gasteiger partial charge in [0, 0.05) is 18.0 Å². The second-order valence-corrected chi connectivity index (χ2v) is 5.20. The first-order valence-corrected chi connectivity index (χ1v) is 6.40. The zero-order chi connectivity index (χ0) is 13.4. The van der Waals surface area contributed by atoms with Gasteiger partial charge < -0.3 is 19.4 Å². The Morgan fingerprint density at radius 3 is 3.00 bits per heavy atom. The Kier molecular flexibility index (Phi) is 2.90. The molecule has 0 N–H and O–H groups in total. The Morgan fingerprint density at radius 2 is 2.21 bits per heavy atom. The van der Waals surface area contributed by atoms with Crippen molar-refractivity contribution in [3.05, 3.63) is 23.8 Å². The first kappa shape index (κ1) is 12.0. The molecule has 7 heteroatoms. The number of nitrogens with zero attached hydrogens (tertiary/aromatic N) is 1. The largest absolute Gasteiger partial charge is 0.550 e. The summed E-state index contributed by atoms with van der Waals surface area (Å²) in [7, 11) is 0. The zero-order valence-electron chi connectivity index (χ0n) is 9.62. The van der Waals surface area contributed by atoms with Gasteiger partial charge in [-0.25, -0.2) is 4.99 Å². The molecule has 19 heavy (non-hydrogen) atoms. The van der Waals surface area contributed by atoms with E-state index < -0.39 is 17.1 Å². The van der Waals surface area contributed by atoms with Crippen LogP contribution in [0.4, 0.5) is 0 Å². The van der Waals surface area contributed by atoms with Crippen molar-refractivity contribution in [3.8, 4) is 11.5 Å². The smallest absolute Gasteiger partial charge is 0.260 e. The van der Waals surface area contributed by atoms with Crippen LogP contribution in [0, 0.1) is 0 Å². The molecule has 0 aliphatic carbocycles. The number of carbonyl (C=O) groups excluding carboxylic acids is 2. The molecule has 0 radical (unpaired) electrons. The number of carboxylic acids is 1. The number of amides is 1. The van der Waals surface area contributed by atoms with E-state index >= 15 is 0 Å². The number of carbonyl (C=O) groups is 2. The van der Waals surface area contributed by atoms with E-state index in [1.165, 1.54) is 0 Å². The predicted molar refractivity (Wildman–Crippen MR) is 65.1 cm³/mol. The standard InChI is InChI=1S/C12H9NO5S/c14-10(15)4-9-11(16)13-12(19-9)6-1-2-7-8(3-6)18-5-17-7/h1-3,9H,4-5H2,(H,14,15)/p-1/t9-/m1/s1. The molecule has 0 aromatic heterocycles. The van der Waals surface area contributed by atoms with E-state index in [1.807, 2.05) is 0 Å². The zero-order valence-corrected chi connectivity index (χ0v) is 10.4. The van der Waals surface area contributed by atoms with E-state index in [9.17, 15) is 14.7 Å². The van der Waals surface area contributed by atoms with E-state index in [-0.39, 0.29) is 13.2 Å². The minimum Gasteiger partial charge on any atom is -0.550 e. The molecule has 0 fully saturated rings. The molecule has 1 aromatic carbocycles. The number of fused-ring (bicyclic) bond motifs is 1. The maximum Gasteiger partial charge on any atom is 0.260 e. The maximum atomic E-state index is 11.6. The fourth-order valence-electron chi connectivity index (χ4n) is 1.83. The molecule has 1 aromatic rings. The summed E-state index contributed by atoms with van der Waals surface area (Å²) in [4.78, 5) is 26.0. The van der Waals surface area contributed by atoms with E-state index in [0.717, 1.165) is 11.8 Å². The van der Waals surface area contributed by atoms with Gasteiger partial charge in [-0.15, -0.1) is 0 Å². The van der Waals surface area contributed by atoms with Crippen molar-refractivity contribution in [2.24, 2.45) is 4.99 Å². The van der Waals surface area contributed by atoms with Crippen LogP contribution in [0.15, 0.2) is 23.2 Å². The molecule has 2 aliphatic rings. The maximum absolute atomic E-state index is 11.6. The number of carboxylic acid groups (broad SMARTS) is 1. The van der Waals surface area contributed by atoms with Crippen LogP contribution in [0.5, 0.6) is 11.5 Å². The molecule has 6 nitrogen and oxygen atoms in total. The molecule has 0 saturated carbocycles. The highest BCUT2D eigenvalue weighted by Gasteiger charge is 2.29. The van der Waals surface area contributed by atoms with Crippen molar-refractivity contribution < 1.29 is 24.2 Å². The number of thioether (sulfide) groups is 1. The average molecular weight is 278 g/mol. The molecule has 0 saturated heterocycles. The number of ether oxygens (including phenoxy) is 2. The normalized spacial score (nSPS) is 20.5.